The van der Waals surface area contributed by atoms with E-state index in [0.717, 1.165) is 6.54 Å². The van der Waals surface area contributed by atoms with Crippen LogP contribution >= 0.6 is 11.8 Å². The second-order valence-corrected chi connectivity index (χ2v) is 5.12. The molecule has 0 spiro atoms. The Morgan fingerprint density at radius 1 is 1.25 bits per heavy atom. The number of aliphatic hydroxyl groups excluding tert-OH is 1. The third-order valence-electron chi connectivity index (χ3n) is 2.33. The third-order valence-corrected chi connectivity index (χ3v) is 3.07. The highest BCUT2D eigenvalue weighted by molar-refractivity contribution is 7.98. The maximum atomic E-state index is 9.09. The van der Waals surface area contributed by atoms with Gasteiger partial charge in [-0.2, -0.15) is 0 Å². The number of aliphatic hydroxyl groups is 1. The van der Waals surface area contributed by atoms with Crippen LogP contribution in [0.5, 0.6) is 0 Å². The number of thioether (sulfide) groups is 1. The first kappa shape index (κ1) is 15.8. The zero-order valence-electron chi connectivity index (χ0n) is 9.96. The van der Waals surface area contributed by atoms with Crippen molar-refractivity contribution in [3.8, 4) is 0 Å². The van der Waals surface area contributed by atoms with Crippen LogP contribution in [0.3, 0.4) is 0 Å². The van der Waals surface area contributed by atoms with Gasteiger partial charge in [-0.15, -0.1) is 11.8 Å². The largest absolute Gasteiger partial charge is 1.00 e. The number of hydrogen-bond acceptors (Lipinski definition) is 3. The van der Waals surface area contributed by atoms with E-state index in [1.54, 1.807) is 11.8 Å². The molecule has 0 aliphatic heterocycles. The number of halogens is 1. The molecule has 1 aromatic carbocycles. The lowest BCUT2D eigenvalue weighted by Gasteiger charge is -2.23. The molecule has 4 heteroatoms. The van der Waals surface area contributed by atoms with Crippen LogP contribution in [0.1, 0.15) is 19.4 Å². The minimum Gasteiger partial charge on any atom is -1.00 e. The molecule has 0 saturated carbocycles. The fraction of sp³-hybridized carbons (Fsp3) is 0.500. The number of nitrogens with one attached hydrogen (secondary N) is 1. The molecule has 0 radical (unpaired) electrons. The minimum atomic E-state index is -0.210. The Labute approximate surface area is 108 Å². The second kappa shape index (κ2) is 7.17. The van der Waals surface area contributed by atoms with Crippen LogP contribution in [0.2, 0.25) is 0 Å². The maximum absolute atomic E-state index is 9.09. The van der Waals surface area contributed by atoms with Crippen molar-refractivity contribution in [2.45, 2.75) is 30.8 Å². The summed E-state index contributed by atoms with van der Waals surface area (Å²) < 4.78 is 0. The molecular weight excluding hydrogens is 242 g/mol. The molecule has 1 rings (SSSR count). The molecule has 0 aromatic heterocycles. The van der Waals surface area contributed by atoms with E-state index in [4.69, 9.17) is 5.11 Å². The first-order valence-electron chi connectivity index (χ1n) is 5.06. The number of rotatable bonds is 5. The van der Waals surface area contributed by atoms with Crippen LogP contribution in [0.25, 0.3) is 0 Å². The molecule has 0 amide bonds. The molecule has 92 valence electrons. The van der Waals surface area contributed by atoms with E-state index in [2.05, 4.69) is 35.8 Å². The maximum Gasteiger partial charge on any atom is 0.0607 e. The summed E-state index contributed by atoms with van der Waals surface area (Å²) in [6.45, 7) is 4.92. The highest BCUT2D eigenvalue weighted by Crippen LogP contribution is 2.15. The van der Waals surface area contributed by atoms with E-state index in [9.17, 15) is 0 Å². The Hall–Kier alpha value is -0.220. The van der Waals surface area contributed by atoms with Crippen molar-refractivity contribution >= 4 is 11.8 Å². The van der Waals surface area contributed by atoms with E-state index in [0.29, 0.717) is 0 Å². The average molecular weight is 261 g/mol. The van der Waals surface area contributed by atoms with Gasteiger partial charge in [0.2, 0.25) is 0 Å². The van der Waals surface area contributed by atoms with Crippen LogP contribution in [0.15, 0.2) is 29.2 Å². The second-order valence-electron chi connectivity index (χ2n) is 4.24. The molecule has 0 saturated heterocycles. The van der Waals surface area contributed by atoms with E-state index in [1.165, 1.54) is 10.5 Å². The van der Waals surface area contributed by atoms with Crippen LogP contribution in [-0.2, 0) is 6.54 Å². The molecule has 0 heterocycles. The standard InChI is InChI=1S/C12H19NOS.ClH/c1-12(2,9-14)13-8-10-4-6-11(15-3)7-5-10;/h4-7,13-14H,8-9H2,1-3H3;1H/p-1. The Bertz CT molecular complexity index is 300. The van der Waals surface area contributed by atoms with Gasteiger partial charge < -0.3 is 22.8 Å². The van der Waals surface area contributed by atoms with Crippen molar-refractivity contribution in [2.24, 2.45) is 0 Å². The highest BCUT2D eigenvalue weighted by atomic mass is 35.5. The van der Waals surface area contributed by atoms with Gasteiger partial charge in [0.1, 0.15) is 0 Å². The summed E-state index contributed by atoms with van der Waals surface area (Å²) >= 11 is 1.75. The summed E-state index contributed by atoms with van der Waals surface area (Å²) in [5.41, 5.74) is 1.03. The Morgan fingerprint density at radius 2 is 1.81 bits per heavy atom. The van der Waals surface area contributed by atoms with Gasteiger partial charge in [-0.05, 0) is 37.8 Å². The molecule has 0 bridgehead atoms. The van der Waals surface area contributed by atoms with Crippen molar-refractivity contribution in [3.63, 3.8) is 0 Å². The van der Waals surface area contributed by atoms with Gasteiger partial charge in [-0.1, -0.05) is 12.1 Å². The summed E-state index contributed by atoms with van der Waals surface area (Å²) in [5.74, 6) is 0. The molecular formula is C12H19ClNOS-. The van der Waals surface area contributed by atoms with Crippen LogP contribution in [0.4, 0.5) is 0 Å². The smallest absolute Gasteiger partial charge is 0.0607 e. The topological polar surface area (TPSA) is 32.3 Å². The van der Waals surface area contributed by atoms with Crippen molar-refractivity contribution in [1.82, 2.24) is 5.32 Å². The van der Waals surface area contributed by atoms with Gasteiger partial charge in [0.25, 0.3) is 0 Å². The summed E-state index contributed by atoms with van der Waals surface area (Å²) in [5, 5.41) is 12.4. The van der Waals surface area contributed by atoms with Gasteiger partial charge in [-0.25, -0.2) is 0 Å². The third kappa shape index (κ3) is 5.21. The predicted molar refractivity (Wildman–Crippen MR) is 66.2 cm³/mol. The molecule has 0 fully saturated rings. The van der Waals surface area contributed by atoms with E-state index >= 15 is 0 Å². The van der Waals surface area contributed by atoms with Crippen molar-refractivity contribution in [2.75, 3.05) is 12.9 Å². The van der Waals surface area contributed by atoms with Gasteiger partial charge in [-0.3, -0.25) is 0 Å². The average Bonchev–Trinajstić information content (AvgIpc) is 2.27. The van der Waals surface area contributed by atoms with Gasteiger partial charge in [0, 0.05) is 17.0 Å². The number of hydrogen-bond donors (Lipinski definition) is 2. The van der Waals surface area contributed by atoms with Crippen LogP contribution < -0.4 is 17.7 Å². The van der Waals surface area contributed by atoms with E-state index < -0.39 is 0 Å². The Morgan fingerprint density at radius 3 is 2.25 bits per heavy atom. The molecule has 0 aliphatic carbocycles. The van der Waals surface area contributed by atoms with Crippen molar-refractivity contribution < 1.29 is 17.5 Å². The SMILES string of the molecule is CSc1ccc(CNC(C)(C)CO)cc1.[Cl-]. The molecule has 2 N–H and O–H groups in total. The van der Waals surface area contributed by atoms with Crippen molar-refractivity contribution in [3.05, 3.63) is 29.8 Å². The monoisotopic (exact) mass is 260 g/mol. The quantitative estimate of drug-likeness (QED) is 0.685. The first-order chi connectivity index (χ1) is 7.07. The van der Waals surface area contributed by atoms with Gasteiger partial charge >= 0.3 is 0 Å². The molecule has 16 heavy (non-hydrogen) atoms. The van der Waals surface area contributed by atoms with Crippen LogP contribution in [-0.4, -0.2) is 23.5 Å². The predicted octanol–water partition coefficient (Wildman–Crippen LogP) is -0.727. The summed E-state index contributed by atoms with van der Waals surface area (Å²) in [6, 6.07) is 8.47. The zero-order chi connectivity index (χ0) is 11.3. The normalized spacial score (nSPS) is 11.0. The summed E-state index contributed by atoms with van der Waals surface area (Å²) in [4.78, 5) is 1.28. The number of benzene rings is 1. The van der Waals surface area contributed by atoms with E-state index in [1.807, 2.05) is 13.8 Å². The summed E-state index contributed by atoms with van der Waals surface area (Å²) in [6.07, 6.45) is 2.07. The lowest BCUT2D eigenvalue weighted by molar-refractivity contribution is -0.00000418. The molecule has 2 nitrogen and oxygen atoms in total. The van der Waals surface area contributed by atoms with Gasteiger partial charge in [0.05, 0.1) is 6.61 Å². The molecule has 0 unspecified atom stereocenters. The fourth-order valence-corrected chi connectivity index (χ4v) is 1.55. The van der Waals surface area contributed by atoms with Gasteiger partial charge in [0.15, 0.2) is 0 Å². The van der Waals surface area contributed by atoms with Crippen LogP contribution in [0, 0.1) is 0 Å². The first-order valence-corrected chi connectivity index (χ1v) is 6.29. The molecule has 0 atom stereocenters. The lowest BCUT2D eigenvalue weighted by atomic mass is 10.1. The van der Waals surface area contributed by atoms with E-state index in [-0.39, 0.29) is 24.6 Å². The zero-order valence-corrected chi connectivity index (χ0v) is 11.5. The van der Waals surface area contributed by atoms with Crippen molar-refractivity contribution in [1.29, 1.82) is 0 Å². The molecule has 0 aliphatic rings. The summed E-state index contributed by atoms with van der Waals surface area (Å²) in [7, 11) is 0. The Kier molecular flexibility index (Phi) is 7.07. The molecule has 1 aromatic rings. The highest BCUT2D eigenvalue weighted by Gasteiger charge is 2.14. The lowest BCUT2D eigenvalue weighted by Crippen LogP contribution is -3.00. The fourth-order valence-electron chi connectivity index (χ4n) is 1.14. The minimum absolute atomic E-state index is 0. The Balaban J connectivity index is 0.00000225.